The van der Waals surface area contributed by atoms with Gasteiger partial charge in [0.2, 0.25) is 19.5 Å². The monoisotopic (exact) mass is 671 g/mol. The molecule has 0 atom stereocenters. The molecule has 262 valence electrons. The average molecular weight is 672 g/mol. The molecule has 0 fully saturated rings. The first kappa shape index (κ1) is 41.2. The van der Waals surface area contributed by atoms with Crippen molar-refractivity contribution in [3.8, 4) is 5.75 Å². The zero-order chi connectivity index (χ0) is 34.8. The Morgan fingerprint density at radius 3 is 1.78 bits per heavy atom. The van der Waals surface area contributed by atoms with Gasteiger partial charge in [-0.3, -0.25) is 37.6 Å². The van der Waals surface area contributed by atoms with Crippen molar-refractivity contribution in [2.75, 3.05) is 26.8 Å². The zero-order valence-corrected chi connectivity index (χ0v) is 29.8. The van der Waals surface area contributed by atoms with Crippen molar-refractivity contribution in [3.63, 3.8) is 0 Å². The number of hydrogen-bond donors (Lipinski definition) is 0. The van der Waals surface area contributed by atoms with Gasteiger partial charge in [-0.2, -0.15) is 0 Å². The molecule has 1 rings (SSSR count). The van der Waals surface area contributed by atoms with E-state index in [2.05, 4.69) is 6.92 Å². The van der Waals surface area contributed by atoms with Gasteiger partial charge in [0, 0.05) is 19.9 Å². The molecule has 0 radical (unpaired) electrons. The Kier molecular flexibility index (Phi) is 18.3. The van der Waals surface area contributed by atoms with Gasteiger partial charge in [0.1, 0.15) is 12.4 Å². The van der Waals surface area contributed by atoms with E-state index in [4.69, 9.17) is 28.1 Å². The van der Waals surface area contributed by atoms with Crippen LogP contribution in [0, 0.1) is 10.8 Å². The summed E-state index contributed by atoms with van der Waals surface area (Å²) >= 11 is 0. The summed E-state index contributed by atoms with van der Waals surface area (Å²) in [5, 5.41) is 1.08. The lowest BCUT2D eigenvalue weighted by Crippen LogP contribution is -2.27. The molecule has 0 saturated carbocycles. The van der Waals surface area contributed by atoms with Gasteiger partial charge in [-0.1, -0.05) is 51.2 Å². The predicted octanol–water partition coefficient (Wildman–Crippen LogP) is 7.33. The number of ether oxygens (including phenoxy) is 3. The minimum Gasteiger partial charge on any atom is -0.438 e. The lowest BCUT2D eigenvalue weighted by Gasteiger charge is -2.22. The summed E-state index contributed by atoms with van der Waals surface area (Å²) < 4.78 is 39.4. The molecule has 0 aliphatic carbocycles. The Morgan fingerprint density at radius 2 is 1.26 bits per heavy atom. The first-order valence-corrected chi connectivity index (χ1v) is 17.6. The van der Waals surface area contributed by atoms with Crippen LogP contribution in [0.5, 0.6) is 5.75 Å². The molecule has 0 unspecified atom stereocenters. The second-order valence-corrected chi connectivity index (χ2v) is 15.3. The quantitative estimate of drug-likeness (QED) is 0.0323. The van der Waals surface area contributed by atoms with Crippen LogP contribution in [0.1, 0.15) is 112 Å². The van der Waals surface area contributed by atoms with Crippen molar-refractivity contribution in [2.24, 2.45) is 10.8 Å². The number of unbranched alkanes of at least 4 members (excludes halogenated alkanes) is 5. The highest BCUT2D eigenvalue weighted by Gasteiger charge is 2.30. The number of benzene rings is 1. The van der Waals surface area contributed by atoms with Crippen LogP contribution in [-0.2, 0) is 53.7 Å². The van der Waals surface area contributed by atoms with Gasteiger partial charge in [0.25, 0.3) is 0 Å². The summed E-state index contributed by atoms with van der Waals surface area (Å²) in [5.74, 6) is -1.33. The fourth-order valence-corrected chi connectivity index (χ4v) is 4.94. The van der Waals surface area contributed by atoms with E-state index in [1.54, 1.807) is 65.8 Å². The molecule has 0 heterocycles. The van der Waals surface area contributed by atoms with Crippen LogP contribution in [0.3, 0.4) is 0 Å². The van der Waals surface area contributed by atoms with Crippen molar-refractivity contribution in [2.45, 2.75) is 113 Å². The third kappa shape index (κ3) is 17.8. The van der Waals surface area contributed by atoms with Gasteiger partial charge in [-0.15, -0.1) is 0 Å². The van der Waals surface area contributed by atoms with Crippen LogP contribution in [0.15, 0.2) is 24.3 Å². The van der Waals surface area contributed by atoms with E-state index in [9.17, 15) is 23.7 Å². The van der Waals surface area contributed by atoms with E-state index in [1.165, 1.54) is 26.3 Å². The molecule has 0 aliphatic heterocycles. The smallest absolute Gasteiger partial charge is 0.336 e. The number of carbonyl (C=O) groups is 4. The molecule has 0 N–H and O–H groups in total. The highest BCUT2D eigenvalue weighted by Crippen LogP contribution is 2.49. The standard InChI is InChI=1S/C33H54NO11P/c1-9-10-11-12-13-14-17-29(36)45-27-20-18-26(19-21-27)23-42-34(8)28(35)16-15-22-46(39,43-24-40-30(37)32(2,3)4)44-25-41-31(38)33(5,6)7/h18-21H,9-17,22-25H2,1-8H3. The lowest BCUT2D eigenvalue weighted by atomic mass is 9.98. The molecule has 1 amide bonds. The molecule has 1 aromatic carbocycles. The fraction of sp³-hybridized carbons (Fsp3) is 0.697. The van der Waals surface area contributed by atoms with Gasteiger partial charge >= 0.3 is 25.5 Å². The lowest BCUT2D eigenvalue weighted by molar-refractivity contribution is -0.182. The van der Waals surface area contributed by atoms with Crippen molar-refractivity contribution >= 4 is 31.4 Å². The van der Waals surface area contributed by atoms with Gasteiger partial charge in [0.05, 0.1) is 17.0 Å². The van der Waals surface area contributed by atoms with Crippen LogP contribution in [0.25, 0.3) is 0 Å². The Labute approximate surface area is 274 Å². The summed E-state index contributed by atoms with van der Waals surface area (Å²) in [7, 11) is -2.45. The van der Waals surface area contributed by atoms with E-state index < -0.39 is 44.0 Å². The summed E-state index contributed by atoms with van der Waals surface area (Å²) in [6.07, 6.45) is 6.77. The van der Waals surface area contributed by atoms with Crippen LogP contribution in [0.2, 0.25) is 0 Å². The molecule has 13 heteroatoms. The predicted molar refractivity (Wildman–Crippen MR) is 172 cm³/mol. The minimum absolute atomic E-state index is 0.0513. The second-order valence-electron chi connectivity index (χ2n) is 13.1. The van der Waals surface area contributed by atoms with Crippen LogP contribution in [0.4, 0.5) is 0 Å². The molecule has 0 bridgehead atoms. The molecular weight excluding hydrogens is 617 g/mol. The van der Waals surface area contributed by atoms with Gasteiger partial charge in [0.15, 0.2) is 0 Å². The summed E-state index contributed by atoms with van der Waals surface area (Å²) in [4.78, 5) is 54.4. The molecule has 0 aromatic heterocycles. The topological polar surface area (TPSA) is 144 Å². The Balaban J connectivity index is 2.54. The highest BCUT2D eigenvalue weighted by atomic mass is 31.2. The summed E-state index contributed by atoms with van der Waals surface area (Å²) in [6.45, 7) is 11.0. The summed E-state index contributed by atoms with van der Waals surface area (Å²) in [5.41, 5.74) is -0.832. The van der Waals surface area contributed by atoms with Crippen LogP contribution < -0.4 is 4.74 Å². The number of nitrogens with zero attached hydrogens (tertiary/aromatic N) is 1. The summed E-state index contributed by atoms with van der Waals surface area (Å²) in [6, 6.07) is 6.84. The number of rotatable bonds is 21. The van der Waals surface area contributed by atoms with Crippen molar-refractivity contribution in [3.05, 3.63) is 29.8 Å². The maximum absolute atomic E-state index is 13.3. The normalized spacial score (nSPS) is 12.0. The highest BCUT2D eigenvalue weighted by molar-refractivity contribution is 7.53. The first-order valence-electron chi connectivity index (χ1n) is 15.9. The first-order chi connectivity index (χ1) is 21.5. The number of carbonyl (C=O) groups excluding carboxylic acids is 4. The average Bonchev–Trinajstić information content (AvgIpc) is 2.97. The molecule has 46 heavy (non-hydrogen) atoms. The minimum atomic E-state index is -3.92. The third-order valence-corrected chi connectivity index (χ3v) is 8.45. The third-order valence-electron chi connectivity index (χ3n) is 6.59. The SMILES string of the molecule is CCCCCCCCC(=O)Oc1ccc(CON(C)C(=O)CCCP(=O)(OCOC(=O)C(C)(C)C)OCOC(=O)C(C)(C)C)cc1. The van der Waals surface area contributed by atoms with E-state index in [1.807, 2.05) is 0 Å². The Morgan fingerprint density at radius 1 is 0.739 bits per heavy atom. The number of hydroxylamine groups is 2. The van der Waals surface area contributed by atoms with Crippen LogP contribution in [-0.4, -0.2) is 55.7 Å². The second kappa shape index (κ2) is 20.4. The van der Waals surface area contributed by atoms with E-state index >= 15 is 0 Å². The number of amides is 1. The number of hydrogen-bond acceptors (Lipinski definition) is 11. The van der Waals surface area contributed by atoms with Crippen molar-refractivity contribution < 1.29 is 51.8 Å². The number of esters is 3. The molecule has 1 aromatic rings. The van der Waals surface area contributed by atoms with Crippen molar-refractivity contribution in [1.82, 2.24) is 5.06 Å². The van der Waals surface area contributed by atoms with Crippen molar-refractivity contribution in [1.29, 1.82) is 0 Å². The zero-order valence-electron chi connectivity index (χ0n) is 28.9. The molecule has 0 saturated heterocycles. The van der Waals surface area contributed by atoms with E-state index in [0.717, 1.165) is 29.9 Å². The van der Waals surface area contributed by atoms with E-state index in [0.29, 0.717) is 12.2 Å². The molecule has 0 aliphatic rings. The maximum atomic E-state index is 13.3. The molecular formula is C33H54NO11P. The Bertz CT molecular complexity index is 1100. The van der Waals surface area contributed by atoms with Crippen LogP contribution >= 0.6 is 7.60 Å². The fourth-order valence-electron chi connectivity index (χ4n) is 3.63. The van der Waals surface area contributed by atoms with Gasteiger partial charge < -0.3 is 14.2 Å². The van der Waals surface area contributed by atoms with Gasteiger partial charge in [-0.25, -0.2) is 5.06 Å². The largest absolute Gasteiger partial charge is 0.438 e. The molecule has 0 spiro atoms. The Hall–Kier alpha value is -2.79. The maximum Gasteiger partial charge on any atom is 0.336 e. The molecule has 12 nitrogen and oxygen atoms in total. The van der Waals surface area contributed by atoms with E-state index in [-0.39, 0.29) is 37.5 Å². The van der Waals surface area contributed by atoms with Gasteiger partial charge in [-0.05, 0) is 72.1 Å².